The lowest BCUT2D eigenvalue weighted by Gasteiger charge is -2.28. The summed E-state index contributed by atoms with van der Waals surface area (Å²) in [5.41, 5.74) is 2.94. The third kappa shape index (κ3) is 3.81. The van der Waals surface area contributed by atoms with Gasteiger partial charge in [0.15, 0.2) is 0 Å². The van der Waals surface area contributed by atoms with E-state index in [1.54, 1.807) is 0 Å². The molecule has 0 bridgehead atoms. The zero-order valence-corrected chi connectivity index (χ0v) is 10.6. The average Bonchev–Trinajstić information content (AvgIpc) is 2.18. The number of carbonyl (C=O) groups is 1. The minimum atomic E-state index is 0.480. The SMILES string of the molecule is CC(C)=C(C)CCC1CC(=O)CCC1C. The van der Waals surface area contributed by atoms with Crippen molar-refractivity contribution in [1.29, 1.82) is 0 Å². The Bertz CT molecular complexity index is 259. The van der Waals surface area contributed by atoms with E-state index in [4.69, 9.17) is 0 Å². The Labute approximate surface area is 93.9 Å². The summed E-state index contributed by atoms with van der Waals surface area (Å²) in [5, 5.41) is 0. The van der Waals surface area contributed by atoms with Gasteiger partial charge in [-0.3, -0.25) is 4.79 Å². The minimum Gasteiger partial charge on any atom is -0.300 e. The Morgan fingerprint density at radius 3 is 2.60 bits per heavy atom. The summed E-state index contributed by atoms with van der Waals surface area (Å²) >= 11 is 0. The van der Waals surface area contributed by atoms with Gasteiger partial charge >= 0.3 is 0 Å². The first-order valence-electron chi connectivity index (χ1n) is 6.15. The molecule has 0 saturated heterocycles. The molecular formula is C14H24O. The van der Waals surface area contributed by atoms with E-state index in [0.29, 0.717) is 11.7 Å². The smallest absolute Gasteiger partial charge is 0.133 e. The fraction of sp³-hybridized carbons (Fsp3) is 0.786. The fourth-order valence-corrected chi connectivity index (χ4v) is 2.26. The van der Waals surface area contributed by atoms with Crippen LogP contribution in [0.1, 0.15) is 59.8 Å². The van der Waals surface area contributed by atoms with Crippen LogP contribution in [0.4, 0.5) is 0 Å². The van der Waals surface area contributed by atoms with Gasteiger partial charge in [-0.2, -0.15) is 0 Å². The molecular weight excluding hydrogens is 184 g/mol. The number of ketones is 1. The molecule has 1 heteroatoms. The van der Waals surface area contributed by atoms with Gasteiger partial charge in [0.05, 0.1) is 0 Å². The lowest BCUT2D eigenvalue weighted by molar-refractivity contribution is -0.122. The largest absolute Gasteiger partial charge is 0.300 e. The fourth-order valence-electron chi connectivity index (χ4n) is 2.26. The van der Waals surface area contributed by atoms with Crippen molar-refractivity contribution in [3.05, 3.63) is 11.1 Å². The lowest BCUT2D eigenvalue weighted by Crippen LogP contribution is -2.22. The number of carbonyl (C=O) groups excluding carboxylic acids is 1. The van der Waals surface area contributed by atoms with Crippen molar-refractivity contribution in [2.75, 3.05) is 0 Å². The molecule has 2 atom stereocenters. The Morgan fingerprint density at radius 1 is 1.33 bits per heavy atom. The molecule has 0 amide bonds. The van der Waals surface area contributed by atoms with E-state index in [-0.39, 0.29) is 0 Å². The summed E-state index contributed by atoms with van der Waals surface area (Å²) in [7, 11) is 0. The van der Waals surface area contributed by atoms with Crippen LogP contribution < -0.4 is 0 Å². The second-order valence-electron chi connectivity index (χ2n) is 5.34. The zero-order chi connectivity index (χ0) is 11.4. The van der Waals surface area contributed by atoms with Crippen LogP contribution >= 0.6 is 0 Å². The van der Waals surface area contributed by atoms with Crippen LogP contribution in [0.2, 0.25) is 0 Å². The lowest BCUT2D eigenvalue weighted by atomic mass is 9.77. The molecule has 1 saturated carbocycles. The minimum absolute atomic E-state index is 0.480. The van der Waals surface area contributed by atoms with Gasteiger partial charge < -0.3 is 0 Å². The number of hydrogen-bond donors (Lipinski definition) is 0. The van der Waals surface area contributed by atoms with Crippen molar-refractivity contribution in [3.63, 3.8) is 0 Å². The Morgan fingerprint density at radius 2 is 2.00 bits per heavy atom. The van der Waals surface area contributed by atoms with Gasteiger partial charge in [-0.05, 0) is 51.9 Å². The van der Waals surface area contributed by atoms with E-state index in [1.165, 1.54) is 24.0 Å². The Balaban J connectivity index is 2.43. The third-order valence-corrected chi connectivity index (χ3v) is 3.92. The van der Waals surface area contributed by atoms with Crippen LogP contribution in [0.25, 0.3) is 0 Å². The van der Waals surface area contributed by atoms with Gasteiger partial charge in [0.1, 0.15) is 5.78 Å². The maximum absolute atomic E-state index is 11.4. The average molecular weight is 208 g/mol. The quantitative estimate of drug-likeness (QED) is 0.637. The highest BCUT2D eigenvalue weighted by molar-refractivity contribution is 5.79. The van der Waals surface area contributed by atoms with Gasteiger partial charge in [0.25, 0.3) is 0 Å². The molecule has 1 rings (SSSR count). The van der Waals surface area contributed by atoms with Crippen molar-refractivity contribution < 1.29 is 4.79 Å². The first-order chi connectivity index (χ1) is 7.00. The van der Waals surface area contributed by atoms with Crippen molar-refractivity contribution >= 4 is 5.78 Å². The van der Waals surface area contributed by atoms with Crippen molar-refractivity contribution in [2.24, 2.45) is 11.8 Å². The number of hydrogen-bond acceptors (Lipinski definition) is 1. The van der Waals surface area contributed by atoms with Gasteiger partial charge in [-0.1, -0.05) is 18.1 Å². The molecule has 0 radical (unpaired) electrons. The molecule has 2 unspecified atom stereocenters. The molecule has 0 heterocycles. The van der Waals surface area contributed by atoms with Gasteiger partial charge in [-0.25, -0.2) is 0 Å². The van der Waals surface area contributed by atoms with Crippen LogP contribution in [0, 0.1) is 11.8 Å². The Hall–Kier alpha value is -0.590. The van der Waals surface area contributed by atoms with E-state index < -0.39 is 0 Å². The highest BCUT2D eigenvalue weighted by Gasteiger charge is 2.25. The van der Waals surface area contributed by atoms with Crippen molar-refractivity contribution in [1.82, 2.24) is 0 Å². The molecule has 15 heavy (non-hydrogen) atoms. The van der Waals surface area contributed by atoms with E-state index in [9.17, 15) is 4.79 Å². The molecule has 86 valence electrons. The van der Waals surface area contributed by atoms with Crippen molar-refractivity contribution in [3.8, 4) is 0 Å². The van der Waals surface area contributed by atoms with E-state index in [1.807, 2.05) is 0 Å². The molecule has 1 aliphatic rings. The van der Waals surface area contributed by atoms with Crippen LogP contribution in [0.3, 0.4) is 0 Å². The van der Waals surface area contributed by atoms with E-state index in [2.05, 4.69) is 27.7 Å². The number of rotatable bonds is 3. The van der Waals surface area contributed by atoms with Gasteiger partial charge in [0, 0.05) is 12.8 Å². The summed E-state index contributed by atoms with van der Waals surface area (Å²) < 4.78 is 0. The highest BCUT2D eigenvalue weighted by atomic mass is 16.1. The first-order valence-corrected chi connectivity index (χ1v) is 6.15. The van der Waals surface area contributed by atoms with Gasteiger partial charge in [-0.15, -0.1) is 0 Å². The number of allylic oxidation sites excluding steroid dienone is 2. The Kier molecular flexibility index (Phi) is 4.56. The maximum Gasteiger partial charge on any atom is 0.133 e. The normalized spacial score (nSPS) is 26.5. The predicted molar refractivity (Wildman–Crippen MR) is 64.8 cm³/mol. The summed E-state index contributed by atoms with van der Waals surface area (Å²) in [4.78, 5) is 11.4. The molecule has 0 aromatic carbocycles. The molecule has 1 aliphatic carbocycles. The standard InChI is InChI=1S/C14H24O/c1-10(2)11(3)5-7-13-9-14(15)8-6-12(13)4/h12-13H,5-9H2,1-4H3. The highest BCUT2D eigenvalue weighted by Crippen LogP contribution is 2.32. The van der Waals surface area contributed by atoms with Gasteiger partial charge in [0.2, 0.25) is 0 Å². The maximum atomic E-state index is 11.4. The van der Waals surface area contributed by atoms with Crippen LogP contribution in [-0.4, -0.2) is 5.78 Å². The summed E-state index contributed by atoms with van der Waals surface area (Å²) in [6, 6.07) is 0. The molecule has 1 fully saturated rings. The molecule has 1 nitrogen and oxygen atoms in total. The topological polar surface area (TPSA) is 17.1 Å². The molecule has 0 aromatic heterocycles. The molecule has 0 N–H and O–H groups in total. The summed E-state index contributed by atoms with van der Waals surface area (Å²) in [5.74, 6) is 1.86. The van der Waals surface area contributed by atoms with Crippen LogP contribution in [0.5, 0.6) is 0 Å². The van der Waals surface area contributed by atoms with Crippen LogP contribution in [-0.2, 0) is 4.79 Å². The number of Topliss-reactive ketones (excluding diaryl/α,β-unsaturated/α-hetero) is 1. The molecule has 0 spiro atoms. The zero-order valence-electron chi connectivity index (χ0n) is 10.6. The predicted octanol–water partition coefficient (Wildman–Crippen LogP) is 4.13. The van der Waals surface area contributed by atoms with E-state index >= 15 is 0 Å². The second-order valence-corrected chi connectivity index (χ2v) is 5.34. The third-order valence-electron chi connectivity index (χ3n) is 3.92. The van der Waals surface area contributed by atoms with Crippen LogP contribution in [0.15, 0.2) is 11.1 Å². The second kappa shape index (κ2) is 5.48. The summed E-state index contributed by atoms with van der Waals surface area (Å²) in [6.07, 6.45) is 5.13. The van der Waals surface area contributed by atoms with Crippen molar-refractivity contribution in [2.45, 2.75) is 59.8 Å². The van der Waals surface area contributed by atoms with E-state index in [0.717, 1.165) is 25.2 Å². The monoisotopic (exact) mass is 208 g/mol. The summed E-state index contributed by atoms with van der Waals surface area (Å²) in [6.45, 7) is 8.86. The first kappa shape index (κ1) is 12.5. The molecule has 0 aliphatic heterocycles. The molecule has 0 aromatic rings.